The Morgan fingerprint density at radius 3 is 1.08 bits per heavy atom. The van der Waals surface area contributed by atoms with Gasteiger partial charge in [-0.25, -0.2) is 0 Å². The van der Waals surface area contributed by atoms with E-state index in [4.69, 9.17) is 5.11 Å². The van der Waals surface area contributed by atoms with E-state index in [2.05, 4.69) is 79.8 Å². The largest absolute Gasteiger partial charge is 0.481 e. The lowest BCUT2D eigenvalue weighted by atomic mass is 10.2. The van der Waals surface area contributed by atoms with E-state index >= 15 is 0 Å². The summed E-state index contributed by atoms with van der Waals surface area (Å²) in [6.07, 6.45) is 36.5. The van der Waals surface area contributed by atoms with Crippen molar-refractivity contribution in [2.45, 2.75) is 58.3 Å². The van der Waals surface area contributed by atoms with Crippen molar-refractivity contribution in [3.8, 4) is 0 Å². The Hall–Kier alpha value is -2.35. The van der Waals surface area contributed by atoms with Gasteiger partial charge < -0.3 is 5.11 Å². The predicted octanol–water partition coefficient (Wildman–Crippen LogP) is 7.11. The molecule has 0 rings (SSSR count). The summed E-state index contributed by atoms with van der Waals surface area (Å²) in [7, 11) is 0. The molecule has 0 spiro atoms. The van der Waals surface area contributed by atoms with Crippen molar-refractivity contribution < 1.29 is 9.90 Å². The van der Waals surface area contributed by atoms with E-state index in [-0.39, 0.29) is 6.42 Å². The number of allylic oxidation sites excluding steroid dienone is 13. The van der Waals surface area contributed by atoms with E-state index in [0.29, 0.717) is 0 Å². The molecule has 0 fully saturated rings. The molecule has 2 heteroatoms. The maximum Gasteiger partial charge on any atom is 0.307 e. The fourth-order valence-corrected chi connectivity index (χ4v) is 1.98. The van der Waals surface area contributed by atoms with Gasteiger partial charge in [-0.15, -0.1) is 0 Å². The Balaban J connectivity index is 3.55. The van der Waals surface area contributed by atoms with E-state index in [1.165, 1.54) is 0 Å². The van der Waals surface area contributed by atoms with Crippen LogP contribution in [0.15, 0.2) is 85.1 Å². The third kappa shape index (κ3) is 21.6. The van der Waals surface area contributed by atoms with E-state index in [0.717, 1.165) is 44.9 Å². The number of aliphatic carboxylic acids is 1. The molecule has 1 N–H and O–H groups in total. The summed E-state index contributed by atoms with van der Waals surface area (Å²) in [5.74, 6) is -0.788. The summed E-state index contributed by atoms with van der Waals surface area (Å²) in [4.78, 5) is 10.3. The molecule has 142 valence electrons. The molecule has 0 saturated heterocycles. The van der Waals surface area contributed by atoms with Crippen LogP contribution >= 0.6 is 0 Å². The Morgan fingerprint density at radius 2 is 0.808 bits per heavy atom. The van der Waals surface area contributed by atoms with Crippen LogP contribution in [0, 0.1) is 0 Å². The Morgan fingerprint density at radius 1 is 0.538 bits per heavy atom. The third-order valence-corrected chi connectivity index (χ3v) is 3.33. The molecule has 2 nitrogen and oxygen atoms in total. The summed E-state index contributed by atoms with van der Waals surface area (Å²) < 4.78 is 0. The maximum atomic E-state index is 10.3. The van der Waals surface area contributed by atoms with Crippen LogP contribution in [-0.4, -0.2) is 11.1 Å². The number of carboxylic acids is 1. The van der Waals surface area contributed by atoms with Gasteiger partial charge in [0.25, 0.3) is 0 Å². The normalized spacial score (nSPS) is 13.3. The molecule has 0 unspecified atom stereocenters. The van der Waals surface area contributed by atoms with Gasteiger partial charge in [0, 0.05) is 0 Å². The van der Waals surface area contributed by atoms with Crippen LogP contribution in [0.5, 0.6) is 0 Å². The lowest BCUT2D eigenvalue weighted by Crippen LogP contribution is -1.89. The van der Waals surface area contributed by atoms with Gasteiger partial charge in [0.2, 0.25) is 0 Å². The molecule has 0 aliphatic rings. The second-order valence-electron chi connectivity index (χ2n) is 5.72. The zero-order chi connectivity index (χ0) is 19.1. The van der Waals surface area contributed by atoms with Gasteiger partial charge in [-0.3, -0.25) is 4.79 Å². The minimum Gasteiger partial charge on any atom is -0.481 e. The molecule has 0 bridgehead atoms. The van der Waals surface area contributed by atoms with Crippen LogP contribution in [0.1, 0.15) is 58.3 Å². The lowest BCUT2D eigenvalue weighted by molar-refractivity contribution is -0.136. The molecule has 0 aromatic heterocycles. The van der Waals surface area contributed by atoms with Crippen LogP contribution in [0.25, 0.3) is 0 Å². The molecular formula is C24H34O2. The Bertz CT molecular complexity index is 528. The van der Waals surface area contributed by atoms with Crippen LogP contribution in [-0.2, 0) is 4.79 Å². The van der Waals surface area contributed by atoms with E-state index < -0.39 is 5.97 Å². The van der Waals surface area contributed by atoms with Crippen LogP contribution in [0.3, 0.4) is 0 Å². The van der Waals surface area contributed by atoms with Crippen molar-refractivity contribution in [3.63, 3.8) is 0 Å². The highest BCUT2D eigenvalue weighted by Gasteiger charge is 1.87. The average Bonchev–Trinajstić information content (AvgIpc) is 2.62. The standard InChI is InChI=1S/C24H34O2/c1-2-3-4-5-6-7-8-9-10-11-12-13-14-15-16-17-18-19-20-21-22-23-24(25)26/h3-4,6-7,9-10,12-13,15-16,18-19,21-22H,2,5,8,11,14,17,20,23H2,1H3,(H,25,26)/b4-3+,7-6+,10-9+,13-12+,16-15+,19-18+,22-21+. The highest BCUT2D eigenvalue weighted by molar-refractivity contribution is 5.68. The first kappa shape index (κ1) is 23.6. The molecule has 0 heterocycles. The molecule has 0 atom stereocenters. The lowest BCUT2D eigenvalue weighted by Gasteiger charge is -1.86. The highest BCUT2D eigenvalue weighted by atomic mass is 16.4. The SMILES string of the molecule is CC/C=C/C/C=C/C/C=C/C/C=C/C/C=C/C/C=C/C/C=C/CC(=O)O. The van der Waals surface area contributed by atoms with Gasteiger partial charge in [-0.1, -0.05) is 92.0 Å². The minimum absolute atomic E-state index is 0.0998. The molecule has 0 radical (unpaired) electrons. The molecule has 0 aliphatic carbocycles. The molecule has 0 aromatic rings. The van der Waals surface area contributed by atoms with Crippen molar-refractivity contribution in [1.29, 1.82) is 0 Å². The van der Waals surface area contributed by atoms with Crippen molar-refractivity contribution in [2.75, 3.05) is 0 Å². The number of hydrogen-bond donors (Lipinski definition) is 1. The molecule has 26 heavy (non-hydrogen) atoms. The molecule has 0 aromatic carbocycles. The average molecular weight is 355 g/mol. The molecule has 0 amide bonds. The summed E-state index contributed by atoms with van der Waals surface area (Å²) in [5.41, 5.74) is 0. The number of rotatable bonds is 15. The van der Waals surface area contributed by atoms with Crippen molar-refractivity contribution in [1.82, 2.24) is 0 Å². The monoisotopic (exact) mass is 354 g/mol. The summed E-state index contributed by atoms with van der Waals surface area (Å²) in [5, 5.41) is 8.48. The molecule has 0 aliphatic heterocycles. The van der Waals surface area contributed by atoms with Gasteiger partial charge in [0.15, 0.2) is 0 Å². The van der Waals surface area contributed by atoms with E-state index in [9.17, 15) is 4.79 Å². The highest BCUT2D eigenvalue weighted by Crippen LogP contribution is 1.97. The van der Waals surface area contributed by atoms with Crippen LogP contribution < -0.4 is 0 Å². The second-order valence-corrected chi connectivity index (χ2v) is 5.72. The first-order valence-corrected chi connectivity index (χ1v) is 9.54. The van der Waals surface area contributed by atoms with Gasteiger partial charge in [-0.2, -0.15) is 0 Å². The van der Waals surface area contributed by atoms with Gasteiger partial charge in [0.1, 0.15) is 0 Å². The van der Waals surface area contributed by atoms with Gasteiger partial charge in [0.05, 0.1) is 6.42 Å². The van der Waals surface area contributed by atoms with E-state index in [1.807, 2.05) is 6.08 Å². The summed E-state index contributed by atoms with van der Waals surface area (Å²) >= 11 is 0. The first-order valence-electron chi connectivity index (χ1n) is 9.54. The maximum absolute atomic E-state index is 10.3. The van der Waals surface area contributed by atoms with Crippen LogP contribution in [0.4, 0.5) is 0 Å². The summed E-state index contributed by atoms with van der Waals surface area (Å²) in [6, 6.07) is 0. The molecular weight excluding hydrogens is 320 g/mol. The predicted molar refractivity (Wildman–Crippen MR) is 114 cm³/mol. The van der Waals surface area contributed by atoms with Crippen molar-refractivity contribution >= 4 is 5.97 Å². The van der Waals surface area contributed by atoms with Crippen molar-refractivity contribution in [2.24, 2.45) is 0 Å². The second kappa shape index (κ2) is 20.7. The van der Waals surface area contributed by atoms with Gasteiger partial charge in [-0.05, 0) is 44.9 Å². The van der Waals surface area contributed by atoms with Crippen LogP contribution in [0.2, 0.25) is 0 Å². The summed E-state index contributed by atoms with van der Waals surface area (Å²) in [6.45, 7) is 2.15. The zero-order valence-electron chi connectivity index (χ0n) is 16.1. The number of carbonyl (C=O) groups is 1. The fraction of sp³-hybridized carbons (Fsp3) is 0.375. The quantitative estimate of drug-likeness (QED) is 0.318. The Labute approximate surface area is 159 Å². The fourth-order valence-electron chi connectivity index (χ4n) is 1.98. The van der Waals surface area contributed by atoms with E-state index in [1.54, 1.807) is 6.08 Å². The third-order valence-electron chi connectivity index (χ3n) is 3.33. The molecule has 0 saturated carbocycles. The van der Waals surface area contributed by atoms with Gasteiger partial charge >= 0.3 is 5.97 Å². The number of hydrogen-bond acceptors (Lipinski definition) is 1. The Kier molecular flexibility index (Phi) is 18.8. The smallest absolute Gasteiger partial charge is 0.307 e. The zero-order valence-corrected chi connectivity index (χ0v) is 16.1. The number of carboxylic acid groups (broad SMARTS) is 1. The first-order chi connectivity index (χ1) is 12.8. The topological polar surface area (TPSA) is 37.3 Å². The minimum atomic E-state index is -0.788. The van der Waals surface area contributed by atoms with Crippen molar-refractivity contribution in [3.05, 3.63) is 85.1 Å².